The van der Waals surface area contributed by atoms with E-state index >= 15 is 0 Å². The van der Waals surface area contributed by atoms with E-state index in [1.54, 1.807) is 24.3 Å². The summed E-state index contributed by atoms with van der Waals surface area (Å²) in [6.07, 6.45) is -4.86. The number of carbonyl (C=O) groups is 3. The van der Waals surface area contributed by atoms with E-state index in [9.17, 15) is 40.8 Å². The number of thiazole rings is 1. The number of thioether (sulfide) groups is 1. The number of ether oxygens (including phenoxy) is 1. The van der Waals surface area contributed by atoms with Crippen LogP contribution in [-0.4, -0.2) is 43.1 Å². The van der Waals surface area contributed by atoms with Crippen molar-refractivity contribution in [3.05, 3.63) is 98.5 Å². The molecule has 11 nitrogen and oxygen atoms in total. The molecule has 0 spiro atoms. The molecule has 3 heterocycles. The monoisotopic (exact) mass is 704 g/mol. The molecule has 4 aromatic rings. The minimum atomic E-state index is -4.86. The molecule has 6 rings (SSSR count). The van der Waals surface area contributed by atoms with Gasteiger partial charge in [0.2, 0.25) is 27.7 Å². The second-order valence-corrected chi connectivity index (χ2v) is 14.2. The van der Waals surface area contributed by atoms with Gasteiger partial charge in [-0.15, -0.1) is 0 Å². The van der Waals surface area contributed by atoms with Gasteiger partial charge in [-0.2, -0.15) is 13.2 Å². The topological polar surface area (TPSA) is 158 Å². The molecule has 2 unspecified atom stereocenters. The van der Waals surface area contributed by atoms with Crippen LogP contribution in [0.3, 0.4) is 0 Å². The van der Waals surface area contributed by atoms with Gasteiger partial charge in [0.05, 0.1) is 34.2 Å². The third-order valence-corrected chi connectivity index (χ3v) is 11.3. The van der Waals surface area contributed by atoms with Crippen molar-refractivity contribution in [2.75, 3.05) is 17.3 Å². The Morgan fingerprint density at radius 1 is 0.979 bits per heavy atom. The van der Waals surface area contributed by atoms with Crippen molar-refractivity contribution in [1.82, 2.24) is 4.57 Å². The minimum absolute atomic E-state index is 0.172. The lowest BCUT2D eigenvalue weighted by Gasteiger charge is -2.31. The predicted octanol–water partition coefficient (Wildman–Crippen LogP) is 4.02. The molecule has 0 saturated carbocycles. The number of fused-ring (bicyclic) bond motifs is 2. The van der Waals surface area contributed by atoms with Gasteiger partial charge in [-0.25, -0.2) is 18.5 Å². The Morgan fingerprint density at radius 2 is 1.64 bits per heavy atom. The largest absolute Gasteiger partial charge is 0.496 e. The van der Waals surface area contributed by atoms with Crippen LogP contribution in [-0.2, 0) is 37.1 Å². The molecule has 2 aliphatic rings. The number of anilines is 2. The first kappa shape index (κ1) is 32.5. The SMILES string of the molecule is COc1ccccc1[C@H]1c2sc(=O)n(CC(=O)Nc3ccc(S(N)(=O)=O)cc3)c2SC2C(=O)N(c3ccccc3C(F)(F)F)C(=O)C21. The number of sulfonamides is 1. The summed E-state index contributed by atoms with van der Waals surface area (Å²) in [7, 11) is -2.57. The Balaban J connectivity index is 1.41. The third kappa shape index (κ3) is 5.83. The van der Waals surface area contributed by atoms with Crippen LogP contribution in [0, 0.1) is 5.92 Å². The molecular weight excluding hydrogens is 682 g/mol. The summed E-state index contributed by atoms with van der Waals surface area (Å²) >= 11 is 1.60. The fraction of sp³-hybridized carbons (Fsp3) is 0.200. The van der Waals surface area contributed by atoms with E-state index < -0.39 is 73.7 Å². The summed E-state index contributed by atoms with van der Waals surface area (Å²) in [5.41, 5.74) is -1.10. The van der Waals surface area contributed by atoms with E-state index in [2.05, 4.69) is 5.32 Å². The highest BCUT2D eigenvalue weighted by Crippen LogP contribution is 2.55. The van der Waals surface area contributed by atoms with Crippen LogP contribution in [0.5, 0.6) is 5.75 Å². The second-order valence-electron chi connectivity index (χ2n) is 10.6. The van der Waals surface area contributed by atoms with E-state index in [-0.39, 0.29) is 15.6 Å². The molecular formula is C30H23F3N4O7S3. The first-order valence-electron chi connectivity index (χ1n) is 13.7. The summed E-state index contributed by atoms with van der Waals surface area (Å²) < 4.78 is 71.8. The molecule has 3 amide bonds. The number of halogens is 3. The average Bonchev–Trinajstić information content (AvgIpc) is 3.46. The molecule has 17 heteroatoms. The zero-order valence-electron chi connectivity index (χ0n) is 24.1. The quantitative estimate of drug-likeness (QED) is 0.273. The number of carbonyl (C=O) groups excluding carboxylic acids is 3. The van der Waals surface area contributed by atoms with Crippen LogP contribution in [0.4, 0.5) is 24.5 Å². The Morgan fingerprint density at radius 3 is 2.30 bits per heavy atom. The molecule has 3 N–H and O–H groups in total. The lowest BCUT2D eigenvalue weighted by Crippen LogP contribution is -2.33. The highest BCUT2D eigenvalue weighted by molar-refractivity contribution is 8.00. The first-order chi connectivity index (χ1) is 22.2. The van der Waals surface area contributed by atoms with E-state index in [4.69, 9.17) is 9.88 Å². The Bertz CT molecular complexity index is 2100. The minimum Gasteiger partial charge on any atom is -0.496 e. The fourth-order valence-electron chi connectivity index (χ4n) is 5.73. The molecule has 0 radical (unpaired) electrons. The number of nitrogens with zero attached hydrogens (tertiary/aromatic N) is 2. The van der Waals surface area contributed by atoms with Crippen LogP contribution >= 0.6 is 23.1 Å². The Hall–Kier alpha value is -4.45. The molecule has 2 aliphatic heterocycles. The molecule has 1 fully saturated rings. The van der Waals surface area contributed by atoms with Crippen LogP contribution in [0.1, 0.15) is 21.9 Å². The number of amides is 3. The highest BCUT2D eigenvalue weighted by atomic mass is 32.2. The number of hydrogen-bond acceptors (Lipinski definition) is 9. The van der Waals surface area contributed by atoms with Gasteiger partial charge in [0.15, 0.2) is 0 Å². The van der Waals surface area contributed by atoms with Crippen LogP contribution in [0.2, 0.25) is 0 Å². The summed E-state index contributed by atoms with van der Waals surface area (Å²) in [6, 6.07) is 16.0. The molecule has 1 aromatic heterocycles. The molecule has 1 saturated heterocycles. The summed E-state index contributed by atoms with van der Waals surface area (Å²) in [4.78, 5) is 54.6. The number of hydrogen-bond donors (Lipinski definition) is 2. The first-order valence-corrected chi connectivity index (χ1v) is 16.9. The smallest absolute Gasteiger partial charge is 0.418 e. The number of imide groups is 1. The Labute approximate surface area is 273 Å². The number of benzene rings is 3. The molecule has 244 valence electrons. The van der Waals surface area contributed by atoms with E-state index in [0.29, 0.717) is 21.1 Å². The van der Waals surface area contributed by atoms with Crippen molar-refractivity contribution < 1.29 is 40.7 Å². The zero-order valence-corrected chi connectivity index (χ0v) is 26.5. The number of primary sulfonamides is 1. The lowest BCUT2D eigenvalue weighted by atomic mass is 9.82. The van der Waals surface area contributed by atoms with Gasteiger partial charge in [-0.05, 0) is 42.5 Å². The van der Waals surface area contributed by atoms with Crippen LogP contribution in [0.25, 0.3) is 0 Å². The average molecular weight is 705 g/mol. The number of nitrogens with two attached hydrogens (primary N) is 1. The molecule has 3 aromatic carbocycles. The standard InChI is InChI=1S/C30H23F3N4O7S3/c1-44-20-9-5-2-6-17(20)22-23-24(27(40)37(26(23)39)19-8-4-3-7-18(19)30(31,32)33)45-28-25(22)46-29(41)36(28)14-21(38)35-15-10-12-16(13-11-15)47(34,42)43/h2-13,22-24H,14H2,1H3,(H,35,38)(H2,34,42,43)/t22-,23?,24?/m1/s1. The third-order valence-electron chi connectivity index (χ3n) is 7.74. The normalized spacial score (nSPS) is 19.3. The summed E-state index contributed by atoms with van der Waals surface area (Å²) in [5, 5.41) is 6.66. The second kappa shape index (κ2) is 12.0. The van der Waals surface area contributed by atoms with Gasteiger partial charge in [0.25, 0.3) is 0 Å². The number of rotatable bonds is 7. The predicted molar refractivity (Wildman–Crippen MR) is 167 cm³/mol. The highest BCUT2D eigenvalue weighted by Gasteiger charge is 2.58. The van der Waals surface area contributed by atoms with Gasteiger partial charge in [-0.3, -0.25) is 23.7 Å². The van der Waals surface area contributed by atoms with Gasteiger partial charge >= 0.3 is 11.0 Å². The molecule has 0 bridgehead atoms. The molecule has 47 heavy (non-hydrogen) atoms. The van der Waals surface area contributed by atoms with Crippen molar-refractivity contribution in [3.8, 4) is 5.75 Å². The number of aromatic nitrogens is 1. The van der Waals surface area contributed by atoms with Gasteiger partial charge in [0.1, 0.15) is 17.5 Å². The number of nitrogens with one attached hydrogen (secondary N) is 1. The fourth-order valence-corrected chi connectivity index (χ4v) is 9.01. The maximum Gasteiger partial charge on any atom is 0.418 e. The van der Waals surface area contributed by atoms with E-state index in [1.165, 1.54) is 37.4 Å². The molecule has 0 aliphatic carbocycles. The molecule has 3 atom stereocenters. The Kier molecular flexibility index (Phi) is 8.27. The lowest BCUT2D eigenvalue weighted by molar-refractivity contribution is -0.137. The van der Waals surface area contributed by atoms with E-state index in [0.717, 1.165) is 45.9 Å². The van der Waals surface area contributed by atoms with Crippen molar-refractivity contribution in [1.29, 1.82) is 0 Å². The number of para-hydroxylation sites is 2. The summed E-state index contributed by atoms with van der Waals surface area (Å²) in [5.74, 6) is -4.26. The van der Waals surface area contributed by atoms with Crippen molar-refractivity contribution in [2.24, 2.45) is 11.1 Å². The zero-order chi connectivity index (χ0) is 33.8. The number of alkyl halides is 3. The number of methoxy groups -OCH3 is 1. The van der Waals surface area contributed by atoms with Crippen molar-refractivity contribution >= 4 is 62.2 Å². The van der Waals surface area contributed by atoms with Gasteiger partial charge in [0, 0.05) is 22.0 Å². The van der Waals surface area contributed by atoms with Gasteiger partial charge in [-0.1, -0.05) is 53.4 Å². The van der Waals surface area contributed by atoms with E-state index in [1.807, 2.05) is 0 Å². The maximum absolute atomic E-state index is 14.1. The maximum atomic E-state index is 14.1. The summed E-state index contributed by atoms with van der Waals surface area (Å²) in [6.45, 7) is -0.520. The van der Waals surface area contributed by atoms with Crippen molar-refractivity contribution in [2.45, 2.75) is 33.8 Å². The van der Waals surface area contributed by atoms with Crippen molar-refractivity contribution in [3.63, 3.8) is 0 Å². The van der Waals surface area contributed by atoms with Crippen LogP contribution < -0.4 is 25.0 Å². The van der Waals surface area contributed by atoms with Gasteiger partial charge < -0.3 is 10.1 Å². The van der Waals surface area contributed by atoms with Crippen LogP contribution in [0.15, 0.2) is 87.5 Å².